The first-order valence-corrected chi connectivity index (χ1v) is 15.2. The number of halogens is 1. The standard InChI is InChI=1S/C28H39ClN4O3S/c1-3-4-5-6-7-8-9-10-11-12-13-14-15-16-21-37(34,35)36-24-17-18-25(29)27(22-24)33-26(19-20-30)28(23-31)32-2/h17-18,22,33H,3-16,19,21H2,1H3/b28-26-. The van der Waals surface area contributed by atoms with Gasteiger partial charge in [-0.05, 0) is 18.6 Å². The van der Waals surface area contributed by atoms with Gasteiger partial charge in [0.15, 0.2) is 0 Å². The third-order valence-electron chi connectivity index (χ3n) is 5.95. The minimum absolute atomic E-state index is 0.0647. The van der Waals surface area contributed by atoms with Crippen molar-refractivity contribution in [3.63, 3.8) is 0 Å². The maximum Gasteiger partial charge on any atom is 0.309 e. The van der Waals surface area contributed by atoms with Crippen molar-refractivity contribution in [3.8, 4) is 17.9 Å². The fourth-order valence-corrected chi connectivity index (χ4v) is 5.11. The van der Waals surface area contributed by atoms with Gasteiger partial charge >= 0.3 is 10.1 Å². The average Bonchev–Trinajstić information content (AvgIpc) is 2.87. The van der Waals surface area contributed by atoms with Gasteiger partial charge in [-0.25, -0.2) is 10.1 Å². The molecular formula is C28H39ClN4O3S. The van der Waals surface area contributed by atoms with Crippen LogP contribution in [0, 0.1) is 29.2 Å². The zero-order chi connectivity index (χ0) is 27.4. The van der Waals surface area contributed by atoms with Crippen LogP contribution in [0.4, 0.5) is 5.69 Å². The predicted octanol–water partition coefficient (Wildman–Crippen LogP) is 8.51. The van der Waals surface area contributed by atoms with E-state index in [2.05, 4.69) is 17.1 Å². The molecule has 0 aromatic heterocycles. The van der Waals surface area contributed by atoms with Crippen LogP contribution in [0.15, 0.2) is 29.6 Å². The Hall–Kier alpha value is -2.73. The van der Waals surface area contributed by atoms with E-state index in [1.807, 2.05) is 6.07 Å². The SMILES string of the molecule is [C-]#[N+]/C(C#N)=C(/CC#N)Nc1cc(OS(=O)(=O)CCCCCCCCCCCCCCCC)ccc1Cl. The van der Waals surface area contributed by atoms with Crippen molar-refractivity contribution in [2.45, 2.75) is 103 Å². The number of benzene rings is 1. The molecule has 0 heterocycles. The molecule has 1 aromatic carbocycles. The molecule has 0 aliphatic rings. The Labute approximate surface area is 228 Å². The quantitative estimate of drug-likeness (QED) is 0.0759. The van der Waals surface area contributed by atoms with Crippen molar-refractivity contribution in [1.82, 2.24) is 0 Å². The van der Waals surface area contributed by atoms with E-state index in [1.54, 1.807) is 6.07 Å². The molecule has 0 spiro atoms. The molecule has 0 fully saturated rings. The van der Waals surface area contributed by atoms with Gasteiger partial charge in [-0.2, -0.15) is 13.7 Å². The molecule has 0 saturated carbocycles. The van der Waals surface area contributed by atoms with E-state index >= 15 is 0 Å². The Bertz CT molecular complexity index is 1070. The molecule has 37 heavy (non-hydrogen) atoms. The highest BCUT2D eigenvalue weighted by molar-refractivity contribution is 7.87. The van der Waals surface area contributed by atoms with Gasteiger partial charge < -0.3 is 9.50 Å². The summed E-state index contributed by atoms with van der Waals surface area (Å²) < 4.78 is 30.1. The normalized spacial score (nSPS) is 11.6. The molecule has 0 atom stereocenters. The van der Waals surface area contributed by atoms with Crippen molar-refractivity contribution in [1.29, 1.82) is 10.5 Å². The van der Waals surface area contributed by atoms with Gasteiger partial charge in [0.05, 0.1) is 41.6 Å². The van der Waals surface area contributed by atoms with Crippen LogP contribution < -0.4 is 9.50 Å². The van der Waals surface area contributed by atoms with E-state index in [9.17, 15) is 8.42 Å². The summed E-state index contributed by atoms with van der Waals surface area (Å²) in [5.41, 5.74) is 0.0613. The first-order valence-electron chi connectivity index (χ1n) is 13.2. The minimum Gasteiger partial charge on any atom is -0.382 e. The van der Waals surface area contributed by atoms with Crippen molar-refractivity contribution >= 4 is 27.4 Å². The lowest BCUT2D eigenvalue weighted by Gasteiger charge is -2.13. The highest BCUT2D eigenvalue weighted by Crippen LogP contribution is 2.30. The second-order valence-electron chi connectivity index (χ2n) is 9.09. The van der Waals surface area contributed by atoms with Gasteiger partial charge in [0, 0.05) is 11.8 Å². The van der Waals surface area contributed by atoms with E-state index < -0.39 is 10.1 Å². The van der Waals surface area contributed by atoms with Crippen LogP contribution in [-0.2, 0) is 10.1 Å². The molecule has 0 aliphatic carbocycles. The average molecular weight is 547 g/mol. The second kappa shape index (κ2) is 19.4. The second-order valence-corrected chi connectivity index (χ2v) is 11.2. The van der Waals surface area contributed by atoms with Crippen molar-refractivity contribution in [3.05, 3.63) is 46.0 Å². The van der Waals surface area contributed by atoms with Gasteiger partial charge in [0.1, 0.15) is 5.75 Å². The monoisotopic (exact) mass is 546 g/mol. The Morgan fingerprint density at radius 1 is 0.973 bits per heavy atom. The molecule has 1 aromatic rings. The van der Waals surface area contributed by atoms with Crippen molar-refractivity contribution in [2.75, 3.05) is 11.1 Å². The number of nitrogens with zero attached hydrogens (tertiary/aromatic N) is 3. The van der Waals surface area contributed by atoms with Gasteiger partial charge in [-0.1, -0.05) is 102 Å². The highest BCUT2D eigenvalue weighted by Gasteiger charge is 2.15. The van der Waals surface area contributed by atoms with Crippen LogP contribution in [0.25, 0.3) is 4.85 Å². The van der Waals surface area contributed by atoms with Crippen LogP contribution in [0.2, 0.25) is 5.02 Å². The van der Waals surface area contributed by atoms with Gasteiger partial charge in [-0.15, -0.1) is 0 Å². The van der Waals surface area contributed by atoms with Crippen LogP contribution in [-0.4, -0.2) is 14.2 Å². The summed E-state index contributed by atoms with van der Waals surface area (Å²) in [6, 6.07) is 7.88. The van der Waals surface area contributed by atoms with Gasteiger partial charge in [-0.3, -0.25) is 0 Å². The molecule has 1 N–H and O–H groups in total. The molecule has 0 saturated heterocycles. The number of allylic oxidation sites excluding steroid dienone is 2. The molecule has 0 aliphatic heterocycles. The summed E-state index contributed by atoms with van der Waals surface area (Å²) in [4.78, 5) is 3.11. The largest absolute Gasteiger partial charge is 0.382 e. The van der Waals surface area contributed by atoms with Crippen LogP contribution in [0.5, 0.6) is 5.75 Å². The lowest BCUT2D eigenvalue weighted by Crippen LogP contribution is -2.14. The lowest BCUT2D eigenvalue weighted by molar-refractivity contribution is 0.481. The number of hydrogen-bond donors (Lipinski definition) is 1. The van der Waals surface area contributed by atoms with E-state index in [0.717, 1.165) is 19.3 Å². The fourth-order valence-electron chi connectivity index (χ4n) is 3.90. The van der Waals surface area contributed by atoms with Crippen molar-refractivity contribution in [2.24, 2.45) is 0 Å². The summed E-state index contributed by atoms with van der Waals surface area (Å²) in [5.74, 6) is -0.0124. The summed E-state index contributed by atoms with van der Waals surface area (Å²) in [6.45, 7) is 9.32. The van der Waals surface area contributed by atoms with E-state index in [0.29, 0.717) is 6.42 Å². The summed E-state index contributed by atoms with van der Waals surface area (Å²) >= 11 is 6.17. The van der Waals surface area contributed by atoms with Crippen LogP contribution in [0.3, 0.4) is 0 Å². The zero-order valence-corrected chi connectivity index (χ0v) is 23.5. The van der Waals surface area contributed by atoms with Gasteiger partial charge in [0.2, 0.25) is 0 Å². The Morgan fingerprint density at radius 3 is 2.00 bits per heavy atom. The van der Waals surface area contributed by atoms with Crippen LogP contribution in [0.1, 0.15) is 103 Å². The number of hydrogen-bond acceptors (Lipinski definition) is 6. The summed E-state index contributed by atoms with van der Waals surface area (Å²) in [5, 5.41) is 21.1. The first-order chi connectivity index (χ1) is 17.9. The van der Waals surface area contributed by atoms with Crippen molar-refractivity contribution < 1.29 is 12.6 Å². The Morgan fingerprint density at radius 2 is 1.51 bits per heavy atom. The molecule has 0 radical (unpaired) electrons. The topological polar surface area (TPSA) is 107 Å². The van der Waals surface area contributed by atoms with Crippen LogP contribution >= 0.6 is 11.6 Å². The third-order valence-corrected chi connectivity index (χ3v) is 7.52. The third kappa shape index (κ3) is 14.6. The van der Waals surface area contributed by atoms with E-state index in [4.69, 9.17) is 32.9 Å². The highest BCUT2D eigenvalue weighted by atomic mass is 35.5. The smallest absolute Gasteiger partial charge is 0.309 e. The first kappa shape index (κ1) is 32.3. The Kier molecular flexibility index (Phi) is 16.9. The number of nitriles is 2. The predicted molar refractivity (Wildman–Crippen MR) is 149 cm³/mol. The maximum absolute atomic E-state index is 12.4. The molecule has 0 unspecified atom stereocenters. The number of anilines is 1. The molecule has 0 amide bonds. The fraction of sp³-hybridized carbons (Fsp3) is 0.607. The molecule has 202 valence electrons. The maximum atomic E-state index is 12.4. The molecule has 1 rings (SSSR count). The van der Waals surface area contributed by atoms with E-state index in [-0.39, 0.29) is 40.0 Å². The molecule has 9 heteroatoms. The zero-order valence-electron chi connectivity index (χ0n) is 21.9. The molecular weight excluding hydrogens is 508 g/mol. The van der Waals surface area contributed by atoms with E-state index in [1.165, 1.54) is 82.4 Å². The number of nitrogens with one attached hydrogen (secondary N) is 1. The lowest BCUT2D eigenvalue weighted by atomic mass is 10.0. The Balaban J connectivity index is 2.38. The van der Waals surface area contributed by atoms with Gasteiger partial charge in [0.25, 0.3) is 5.70 Å². The minimum atomic E-state index is -3.78. The number of rotatable bonds is 20. The molecule has 7 nitrogen and oxygen atoms in total. The summed E-state index contributed by atoms with van der Waals surface area (Å²) in [6.07, 6.45) is 16.4. The summed E-state index contributed by atoms with van der Waals surface area (Å²) in [7, 11) is -3.78. The molecule has 0 bridgehead atoms. The number of unbranched alkanes of at least 4 members (excludes halogenated alkanes) is 13.